The van der Waals surface area contributed by atoms with Gasteiger partial charge in [-0.25, -0.2) is 8.42 Å². The largest absolute Gasteiger partial charge is 0.331 e. The zero-order valence-electron chi connectivity index (χ0n) is 13.0. The maximum Gasteiger partial charge on any atom is 0.227 e. The number of quaternary nitrogens is 1. The van der Waals surface area contributed by atoms with Gasteiger partial charge in [-0.3, -0.25) is 4.79 Å². The Labute approximate surface area is 142 Å². The van der Waals surface area contributed by atoms with Gasteiger partial charge in [-0.2, -0.15) is 0 Å². The van der Waals surface area contributed by atoms with Crippen LogP contribution in [0.5, 0.6) is 0 Å². The lowest BCUT2D eigenvalue weighted by Crippen LogP contribution is -3.18. The van der Waals surface area contributed by atoms with Crippen molar-refractivity contribution in [2.45, 2.75) is 18.9 Å². The van der Waals surface area contributed by atoms with E-state index in [4.69, 9.17) is 11.6 Å². The highest BCUT2D eigenvalue weighted by Gasteiger charge is 2.37. The van der Waals surface area contributed by atoms with Gasteiger partial charge in [0.05, 0.1) is 38.4 Å². The molecule has 7 heteroatoms. The Bertz CT molecular complexity index is 667. The van der Waals surface area contributed by atoms with Crippen LogP contribution in [0.4, 0.5) is 0 Å². The van der Waals surface area contributed by atoms with Crippen molar-refractivity contribution in [1.82, 2.24) is 4.90 Å². The SMILES string of the molecule is O=C(Cc1ccc(Cl)cc1)N1CC[NH+]([C@H]2CCS(=O)(=O)C2)CC1. The maximum absolute atomic E-state index is 12.4. The van der Waals surface area contributed by atoms with Crippen molar-refractivity contribution in [2.24, 2.45) is 0 Å². The number of nitrogens with one attached hydrogen (secondary N) is 1. The van der Waals surface area contributed by atoms with Gasteiger partial charge >= 0.3 is 0 Å². The molecule has 0 saturated carbocycles. The Hall–Kier alpha value is -1.11. The third-order valence-corrected chi connectivity index (χ3v) is 6.86. The van der Waals surface area contributed by atoms with E-state index in [0.717, 1.165) is 25.1 Å². The average molecular weight is 358 g/mol. The molecule has 2 aliphatic heterocycles. The van der Waals surface area contributed by atoms with E-state index in [0.29, 0.717) is 36.0 Å². The first kappa shape index (κ1) is 16.7. The van der Waals surface area contributed by atoms with E-state index < -0.39 is 9.84 Å². The summed E-state index contributed by atoms with van der Waals surface area (Å²) in [5.74, 6) is 0.756. The lowest BCUT2D eigenvalue weighted by Gasteiger charge is -2.35. The number of hydrogen-bond acceptors (Lipinski definition) is 3. The fourth-order valence-electron chi connectivity index (χ4n) is 3.46. The van der Waals surface area contributed by atoms with Crippen LogP contribution in [0.25, 0.3) is 0 Å². The molecule has 2 fully saturated rings. The highest BCUT2D eigenvalue weighted by molar-refractivity contribution is 7.91. The topological polar surface area (TPSA) is 58.9 Å². The molecule has 0 spiro atoms. The van der Waals surface area contributed by atoms with E-state index >= 15 is 0 Å². The Balaban J connectivity index is 1.50. The van der Waals surface area contributed by atoms with Crippen molar-refractivity contribution >= 4 is 27.3 Å². The van der Waals surface area contributed by atoms with Crippen LogP contribution < -0.4 is 4.90 Å². The van der Waals surface area contributed by atoms with Gasteiger partial charge in [-0.05, 0) is 17.7 Å². The maximum atomic E-state index is 12.4. The number of hydrogen-bond donors (Lipinski definition) is 1. The van der Waals surface area contributed by atoms with E-state index in [1.807, 2.05) is 17.0 Å². The molecule has 1 atom stereocenters. The van der Waals surface area contributed by atoms with Gasteiger partial charge in [0.15, 0.2) is 9.84 Å². The van der Waals surface area contributed by atoms with Gasteiger partial charge < -0.3 is 9.80 Å². The molecule has 0 radical (unpaired) electrons. The quantitative estimate of drug-likeness (QED) is 0.815. The molecule has 1 amide bonds. The summed E-state index contributed by atoms with van der Waals surface area (Å²) in [4.78, 5) is 15.6. The molecule has 1 aromatic rings. The number of sulfone groups is 1. The molecule has 3 rings (SSSR count). The molecule has 0 aromatic heterocycles. The number of carbonyl (C=O) groups excluding carboxylic acids is 1. The first-order valence-corrected chi connectivity index (χ1v) is 10.2. The average Bonchev–Trinajstić information content (AvgIpc) is 2.90. The van der Waals surface area contributed by atoms with Gasteiger partial charge in [-0.15, -0.1) is 0 Å². The van der Waals surface area contributed by atoms with Gasteiger partial charge in [0, 0.05) is 11.4 Å². The predicted octanol–water partition coefficient (Wildman–Crippen LogP) is -0.203. The Morgan fingerprint density at radius 1 is 1.22 bits per heavy atom. The molecule has 1 N–H and O–H groups in total. The van der Waals surface area contributed by atoms with Crippen molar-refractivity contribution < 1.29 is 18.1 Å². The van der Waals surface area contributed by atoms with Crippen molar-refractivity contribution in [1.29, 1.82) is 0 Å². The number of halogens is 1. The van der Waals surface area contributed by atoms with Crippen molar-refractivity contribution in [3.8, 4) is 0 Å². The van der Waals surface area contributed by atoms with E-state index in [-0.39, 0.29) is 11.9 Å². The van der Waals surface area contributed by atoms with Crippen LogP contribution in [0.15, 0.2) is 24.3 Å². The van der Waals surface area contributed by atoms with E-state index in [2.05, 4.69) is 0 Å². The van der Waals surface area contributed by atoms with Crippen LogP contribution >= 0.6 is 11.6 Å². The number of benzene rings is 1. The van der Waals surface area contributed by atoms with Gasteiger partial charge in [0.25, 0.3) is 0 Å². The molecular formula is C16H22ClN2O3S+. The van der Waals surface area contributed by atoms with E-state index in [1.54, 1.807) is 12.1 Å². The fraction of sp³-hybridized carbons (Fsp3) is 0.562. The first-order chi connectivity index (χ1) is 10.9. The number of carbonyl (C=O) groups is 1. The summed E-state index contributed by atoms with van der Waals surface area (Å²) < 4.78 is 23.2. The zero-order chi connectivity index (χ0) is 16.4. The Morgan fingerprint density at radius 2 is 1.87 bits per heavy atom. The Kier molecular flexibility index (Phi) is 4.94. The fourth-order valence-corrected chi connectivity index (χ4v) is 5.41. The van der Waals surface area contributed by atoms with Crippen molar-refractivity contribution in [3.63, 3.8) is 0 Å². The minimum absolute atomic E-state index is 0.130. The highest BCUT2D eigenvalue weighted by atomic mass is 35.5. The van der Waals surface area contributed by atoms with Gasteiger partial charge in [0.1, 0.15) is 11.8 Å². The summed E-state index contributed by atoms with van der Waals surface area (Å²) in [6.07, 6.45) is 1.15. The minimum atomic E-state index is -2.83. The summed E-state index contributed by atoms with van der Waals surface area (Å²) in [7, 11) is -2.83. The second kappa shape index (κ2) is 6.79. The minimum Gasteiger partial charge on any atom is -0.331 e. The van der Waals surface area contributed by atoms with E-state index in [1.165, 1.54) is 4.90 Å². The molecule has 2 aliphatic rings. The summed E-state index contributed by atoms with van der Waals surface area (Å²) in [5.41, 5.74) is 0.969. The van der Waals surface area contributed by atoms with E-state index in [9.17, 15) is 13.2 Å². The zero-order valence-corrected chi connectivity index (χ0v) is 14.6. The lowest BCUT2D eigenvalue weighted by molar-refractivity contribution is -0.925. The number of rotatable bonds is 3. The molecule has 2 heterocycles. The summed E-state index contributed by atoms with van der Waals surface area (Å²) >= 11 is 5.85. The summed E-state index contributed by atoms with van der Waals surface area (Å²) in [6.45, 7) is 3.09. The molecule has 126 valence electrons. The predicted molar refractivity (Wildman–Crippen MR) is 89.5 cm³/mol. The smallest absolute Gasteiger partial charge is 0.227 e. The molecular weight excluding hydrogens is 336 g/mol. The Morgan fingerprint density at radius 3 is 2.43 bits per heavy atom. The monoisotopic (exact) mass is 357 g/mol. The van der Waals surface area contributed by atoms with Crippen LogP contribution in [0.2, 0.25) is 5.02 Å². The molecule has 2 saturated heterocycles. The second-order valence-electron chi connectivity index (χ2n) is 6.44. The third kappa shape index (κ3) is 4.25. The number of nitrogens with zero attached hydrogens (tertiary/aromatic N) is 1. The third-order valence-electron chi connectivity index (χ3n) is 4.84. The van der Waals surface area contributed by atoms with Crippen LogP contribution in [0.3, 0.4) is 0 Å². The van der Waals surface area contributed by atoms with Gasteiger partial charge in [-0.1, -0.05) is 23.7 Å². The lowest BCUT2D eigenvalue weighted by atomic mass is 10.1. The first-order valence-electron chi connectivity index (χ1n) is 8.00. The standard InChI is InChI=1S/C16H21ClN2O3S/c17-14-3-1-13(2-4-14)11-16(20)19-8-6-18(7-9-19)15-5-10-23(21,22)12-15/h1-4,15H,5-12H2/p+1/t15-/m0/s1. The van der Waals surface area contributed by atoms with Crippen molar-refractivity contribution in [3.05, 3.63) is 34.9 Å². The highest BCUT2D eigenvalue weighted by Crippen LogP contribution is 2.12. The molecule has 0 unspecified atom stereocenters. The van der Waals surface area contributed by atoms with Gasteiger partial charge in [0.2, 0.25) is 5.91 Å². The number of piperazine rings is 1. The second-order valence-corrected chi connectivity index (χ2v) is 9.11. The summed E-state index contributed by atoms with van der Waals surface area (Å²) in [6, 6.07) is 7.57. The summed E-state index contributed by atoms with van der Waals surface area (Å²) in [5, 5.41) is 0.671. The molecule has 1 aromatic carbocycles. The number of amides is 1. The molecule has 5 nitrogen and oxygen atoms in total. The van der Waals surface area contributed by atoms with Crippen LogP contribution in [-0.4, -0.2) is 63.0 Å². The van der Waals surface area contributed by atoms with Crippen LogP contribution in [-0.2, 0) is 21.1 Å². The molecule has 0 aliphatic carbocycles. The molecule has 23 heavy (non-hydrogen) atoms. The molecule has 0 bridgehead atoms. The normalized spacial score (nSPS) is 24.7. The van der Waals surface area contributed by atoms with Crippen molar-refractivity contribution in [2.75, 3.05) is 37.7 Å². The van der Waals surface area contributed by atoms with Crippen LogP contribution in [0, 0.1) is 0 Å². The van der Waals surface area contributed by atoms with Crippen LogP contribution in [0.1, 0.15) is 12.0 Å².